The monoisotopic (exact) mass is 306 g/mol. The third-order valence-corrected chi connectivity index (χ3v) is 2.93. The molecule has 2 aromatic carbocycles. The van der Waals surface area contributed by atoms with Gasteiger partial charge in [0.05, 0.1) is 12.2 Å². The van der Waals surface area contributed by atoms with Crippen molar-refractivity contribution < 1.29 is 14.6 Å². The predicted octanol–water partition coefficient (Wildman–Crippen LogP) is 3.55. The highest BCUT2D eigenvalue weighted by molar-refractivity contribution is 9.10. The summed E-state index contributed by atoms with van der Waals surface area (Å²) in [7, 11) is 0. The summed E-state index contributed by atoms with van der Waals surface area (Å²) < 4.78 is 6.48. The third-order valence-electron chi connectivity index (χ3n) is 2.44. The summed E-state index contributed by atoms with van der Waals surface area (Å²) >= 11 is 3.33. The SMILES string of the molecule is O=Cc1ccc(Br)cc1Oc1ccc(CO)cc1. The molecule has 0 unspecified atom stereocenters. The molecule has 3 nitrogen and oxygen atoms in total. The van der Waals surface area contributed by atoms with E-state index in [0.717, 1.165) is 16.3 Å². The van der Waals surface area contributed by atoms with Crippen molar-refractivity contribution in [2.45, 2.75) is 6.61 Å². The summed E-state index contributed by atoms with van der Waals surface area (Å²) in [5.41, 5.74) is 1.30. The Hall–Kier alpha value is -1.65. The molecule has 4 heteroatoms. The van der Waals surface area contributed by atoms with E-state index in [-0.39, 0.29) is 6.61 Å². The summed E-state index contributed by atoms with van der Waals surface area (Å²) in [5, 5.41) is 8.94. The van der Waals surface area contributed by atoms with Crippen LogP contribution in [0.25, 0.3) is 0 Å². The standard InChI is InChI=1S/C14H11BrO3/c15-12-4-3-11(9-17)14(7-12)18-13-5-1-10(8-16)2-6-13/h1-7,9,16H,8H2. The second-order valence-corrected chi connectivity index (χ2v) is 4.62. The molecule has 0 aliphatic rings. The molecule has 0 atom stereocenters. The summed E-state index contributed by atoms with van der Waals surface area (Å²) in [6.07, 6.45) is 0.754. The van der Waals surface area contributed by atoms with E-state index in [2.05, 4.69) is 15.9 Å². The quantitative estimate of drug-likeness (QED) is 0.879. The maximum atomic E-state index is 10.9. The van der Waals surface area contributed by atoms with E-state index < -0.39 is 0 Å². The Balaban J connectivity index is 2.27. The smallest absolute Gasteiger partial charge is 0.153 e. The molecule has 2 rings (SSSR count). The van der Waals surface area contributed by atoms with E-state index in [1.807, 2.05) is 0 Å². The van der Waals surface area contributed by atoms with Gasteiger partial charge in [-0.25, -0.2) is 0 Å². The fourth-order valence-corrected chi connectivity index (χ4v) is 1.82. The predicted molar refractivity (Wildman–Crippen MR) is 72.0 cm³/mol. The van der Waals surface area contributed by atoms with Crippen LogP contribution >= 0.6 is 15.9 Å². The minimum absolute atomic E-state index is 0.00322. The van der Waals surface area contributed by atoms with Crippen molar-refractivity contribution >= 4 is 22.2 Å². The molecule has 0 saturated heterocycles. The first-order valence-electron chi connectivity index (χ1n) is 5.35. The van der Waals surface area contributed by atoms with Gasteiger partial charge in [0.1, 0.15) is 11.5 Å². The lowest BCUT2D eigenvalue weighted by molar-refractivity contribution is 0.112. The van der Waals surface area contributed by atoms with Crippen LogP contribution in [0, 0.1) is 0 Å². The minimum Gasteiger partial charge on any atom is -0.457 e. The fraction of sp³-hybridized carbons (Fsp3) is 0.0714. The molecule has 0 fully saturated rings. The molecule has 0 aromatic heterocycles. The van der Waals surface area contributed by atoms with E-state index in [9.17, 15) is 4.79 Å². The lowest BCUT2D eigenvalue weighted by Crippen LogP contribution is -1.91. The summed E-state index contributed by atoms with van der Waals surface area (Å²) in [6.45, 7) is -0.00322. The Morgan fingerprint density at radius 2 is 1.89 bits per heavy atom. The average Bonchev–Trinajstić information content (AvgIpc) is 2.40. The van der Waals surface area contributed by atoms with E-state index in [0.29, 0.717) is 17.1 Å². The lowest BCUT2D eigenvalue weighted by Gasteiger charge is -2.08. The fourth-order valence-electron chi connectivity index (χ4n) is 1.48. The van der Waals surface area contributed by atoms with Gasteiger partial charge >= 0.3 is 0 Å². The molecule has 92 valence electrons. The topological polar surface area (TPSA) is 46.5 Å². The van der Waals surface area contributed by atoms with Gasteiger partial charge in [0.15, 0.2) is 6.29 Å². The van der Waals surface area contributed by atoms with E-state index in [4.69, 9.17) is 9.84 Å². The van der Waals surface area contributed by atoms with Crippen LogP contribution in [0.4, 0.5) is 0 Å². The second kappa shape index (κ2) is 5.80. The molecule has 0 amide bonds. The molecule has 18 heavy (non-hydrogen) atoms. The summed E-state index contributed by atoms with van der Waals surface area (Å²) in [5.74, 6) is 1.12. The number of rotatable bonds is 4. The van der Waals surface area contributed by atoms with Crippen LogP contribution in [0.1, 0.15) is 15.9 Å². The number of carbonyl (C=O) groups excluding carboxylic acids is 1. The number of carbonyl (C=O) groups is 1. The first kappa shape index (κ1) is 12.8. The van der Waals surface area contributed by atoms with Crippen molar-refractivity contribution in [1.82, 2.24) is 0 Å². The zero-order valence-corrected chi connectivity index (χ0v) is 11.1. The minimum atomic E-state index is -0.00322. The molecule has 1 N–H and O–H groups in total. The number of hydrogen-bond donors (Lipinski definition) is 1. The van der Waals surface area contributed by atoms with Gasteiger partial charge in [-0.2, -0.15) is 0 Å². The second-order valence-electron chi connectivity index (χ2n) is 3.70. The average molecular weight is 307 g/mol. The Morgan fingerprint density at radius 1 is 1.17 bits per heavy atom. The van der Waals surface area contributed by atoms with Crippen LogP contribution in [0.2, 0.25) is 0 Å². The number of aliphatic hydroxyl groups excluding tert-OH is 1. The van der Waals surface area contributed by atoms with E-state index in [1.54, 1.807) is 42.5 Å². The summed E-state index contributed by atoms with van der Waals surface area (Å²) in [6, 6.07) is 12.3. The number of halogens is 1. The maximum absolute atomic E-state index is 10.9. The molecular formula is C14H11BrO3. The van der Waals surface area contributed by atoms with Gasteiger partial charge in [-0.3, -0.25) is 4.79 Å². The molecule has 0 bridgehead atoms. The van der Waals surface area contributed by atoms with Crippen molar-refractivity contribution in [2.75, 3.05) is 0 Å². The molecule has 0 aliphatic heterocycles. The highest BCUT2D eigenvalue weighted by Crippen LogP contribution is 2.27. The number of benzene rings is 2. The first-order valence-corrected chi connectivity index (χ1v) is 6.14. The molecule has 0 radical (unpaired) electrons. The highest BCUT2D eigenvalue weighted by Gasteiger charge is 2.05. The van der Waals surface area contributed by atoms with Crippen LogP contribution in [0.5, 0.6) is 11.5 Å². The molecular weight excluding hydrogens is 296 g/mol. The zero-order chi connectivity index (χ0) is 13.0. The van der Waals surface area contributed by atoms with E-state index >= 15 is 0 Å². The Bertz CT molecular complexity index is 549. The van der Waals surface area contributed by atoms with Crippen LogP contribution < -0.4 is 4.74 Å². The summed E-state index contributed by atoms with van der Waals surface area (Å²) in [4.78, 5) is 10.9. The number of hydrogen-bond acceptors (Lipinski definition) is 3. The normalized spacial score (nSPS) is 10.1. The number of aliphatic hydroxyl groups is 1. The molecule has 0 heterocycles. The Kier molecular flexibility index (Phi) is 4.12. The van der Waals surface area contributed by atoms with Crippen LogP contribution in [0.3, 0.4) is 0 Å². The van der Waals surface area contributed by atoms with Crippen molar-refractivity contribution in [3.05, 3.63) is 58.1 Å². The van der Waals surface area contributed by atoms with Crippen LogP contribution in [0.15, 0.2) is 46.9 Å². The maximum Gasteiger partial charge on any atom is 0.153 e. The van der Waals surface area contributed by atoms with Gasteiger partial charge in [-0.05, 0) is 35.9 Å². The van der Waals surface area contributed by atoms with Gasteiger partial charge < -0.3 is 9.84 Å². The molecule has 0 aliphatic carbocycles. The first-order chi connectivity index (χ1) is 8.72. The Morgan fingerprint density at radius 3 is 2.50 bits per heavy atom. The largest absolute Gasteiger partial charge is 0.457 e. The van der Waals surface area contributed by atoms with Crippen LogP contribution in [-0.2, 0) is 6.61 Å². The van der Waals surface area contributed by atoms with Gasteiger partial charge in [0.25, 0.3) is 0 Å². The highest BCUT2D eigenvalue weighted by atomic mass is 79.9. The van der Waals surface area contributed by atoms with Gasteiger partial charge in [0.2, 0.25) is 0 Å². The van der Waals surface area contributed by atoms with Crippen molar-refractivity contribution in [1.29, 1.82) is 0 Å². The number of aldehydes is 1. The number of ether oxygens (including phenoxy) is 1. The van der Waals surface area contributed by atoms with Crippen molar-refractivity contribution in [3.63, 3.8) is 0 Å². The molecule has 0 spiro atoms. The molecule has 0 saturated carbocycles. The van der Waals surface area contributed by atoms with Gasteiger partial charge in [-0.1, -0.05) is 28.1 Å². The lowest BCUT2D eigenvalue weighted by atomic mass is 10.2. The van der Waals surface area contributed by atoms with Crippen molar-refractivity contribution in [2.24, 2.45) is 0 Å². The third kappa shape index (κ3) is 2.97. The molecule has 2 aromatic rings. The zero-order valence-electron chi connectivity index (χ0n) is 9.47. The van der Waals surface area contributed by atoms with E-state index in [1.165, 1.54) is 0 Å². The van der Waals surface area contributed by atoms with Crippen molar-refractivity contribution in [3.8, 4) is 11.5 Å². The van der Waals surface area contributed by atoms with Gasteiger partial charge in [-0.15, -0.1) is 0 Å². The Labute approximate surface area is 113 Å². The van der Waals surface area contributed by atoms with Crippen LogP contribution in [-0.4, -0.2) is 11.4 Å². The van der Waals surface area contributed by atoms with Gasteiger partial charge in [0, 0.05) is 4.47 Å².